The van der Waals surface area contributed by atoms with Gasteiger partial charge in [-0.15, -0.1) is 0 Å². The summed E-state index contributed by atoms with van der Waals surface area (Å²) in [6.07, 6.45) is 0. The number of anilines is 1. The van der Waals surface area contributed by atoms with Gasteiger partial charge in [0, 0.05) is 23.7 Å². The van der Waals surface area contributed by atoms with Crippen molar-refractivity contribution in [3.8, 4) is 0 Å². The van der Waals surface area contributed by atoms with Crippen LogP contribution in [0.3, 0.4) is 0 Å². The highest BCUT2D eigenvalue weighted by Gasteiger charge is 2.32. The third kappa shape index (κ3) is 6.41. The number of hydrogen-bond donors (Lipinski definition) is 1. The van der Waals surface area contributed by atoms with Gasteiger partial charge < -0.3 is 10.2 Å². The van der Waals surface area contributed by atoms with Crippen molar-refractivity contribution in [2.75, 3.05) is 17.4 Å². The van der Waals surface area contributed by atoms with E-state index in [1.807, 2.05) is 0 Å². The van der Waals surface area contributed by atoms with Gasteiger partial charge in [0.25, 0.3) is 10.0 Å². The molecule has 0 aliphatic carbocycles. The van der Waals surface area contributed by atoms with E-state index in [0.29, 0.717) is 11.6 Å². The molecule has 3 aromatic carbocycles. The second-order valence-electron chi connectivity index (χ2n) is 7.98. The SMILES string of the molecule is CCNC(=O)[C@H](C)N(Cc1ccccc1F)C(=O)CN(c1ccccc1)S(=O)(=O)c1ccc(Cl)cc1. The molecular weight excluding hydrogens is 505 g/mol. The topological polar surface area (TPSA) is 86.8 Å². The normalized spacial score (nSPS) is 12.0. The third-order valence-corrected chi connectivity index (χ3v) is 7.58. The minimum absolute atomic E-state index is 0.0546. The molecule has 0 fully saturated rings. The fourth-order valence-electron chi connectivity index (χ4n) is 3.57. The van der Waals surface area contributed by atoms with E-state index in [-0.39, 0.29) is 22.7 Å². The van der Waals surface area contributed by atoms with Crippen molar-refractivity contribution in [1.82, 2.24) is 10.2 Å². The number of nitrogens with zero attached hydrogens (tertiary/aromatic N) is 2. The fourth-order valence-corrected chi connectivity index (χ4v) is 5.11. The van der Waals surface area contributed by atoms with Crippen molar-refractivity contribution in [3.05, 3.63) is 95.3 Å². The van der Waals surface area contributed by atoms with Gasteiger partial charge in [0.2, 0.25) is 11.8 Å². The number of carbonyl (C=O) groups excluding carboxylic acids is 2. The predicted octanol–water partition coefficient (Wildman–Crippen LogP) is 4.23. The molecule has 3 rings (SSSR count). The van der Waals surface area contributed by atoms with E-state index in [0.717, 1.165) is 4.31 Å². The van der Waals surface area contributed by atoms with E-state index in [1.165, 1.54) is 54.3 Å². The van der Waals surface area contributed by atoms with E-state index >= 15 is 0 Å². The van der Waals surface area contributed by atoms with Gasteiger partial charge in [-0.2, -0.15) is 0 Å². The summed E-state index contributed by atoms with van der Waals surface area (Å²) in [5, 5.41) is 3.02. The molecule has 3 aromatic rings. The van der Waals surface area contributed by atoms with Crippen LogP contribution in [0.15, 0.2) is 83.8 Å². The van der Waals surface area contributed by atoms with Crippen molar-refractivity contribution in [2.45, 2.75) is 31.3 Å². The fraction of sp³-hybridized carbons (Fsp3) is 0.231. The Labute approximate surface area is 215 Å². The Morgan fingerprint density at radius 2 is 1.58 bits per heavy atom. The standard InChI is InChI=1S/C26H27ClFN3O4S/c1-3-29-26(33)19(2)30(17-20-9-7-8-12-24(20)28)25(32)18-31(22-10-5-4-6-11-22)36(34,35)23-15-13-21(27)14-16-23/h4-16,19H,3,17-18H2,1-2H3,(H,29,33)/t19-/m0/s1. The summed E-state index contributed by atoms with van der Waals surface area (Å²) in [6, 6.07) is 18.7. The van der Waals surface area contributed by atoms with Crippen molar-refractivity contribution >= 4 is 39.1 Å². The maximum absolute atomic E-state index is 14.4. The van der Waals surface area contributed by atoms with Gasteiger partial charge in [0.15, 0.2) is 0 Å². The number of halogens is 2. The lowest BCUT2D eigenvalue weighted by Crippen LogP contribution is -2.51. The van der Waals surface area contributed by atoms with Crippen LogP contribution in [0.1, 0.15) is 19.4 Å². The number of benzene rings is 3. The monoisotopic (exact) mass is 531 g/mol. The van der Waals surface area contributed by atoms with E-state index in [4.69, 9.17) is 11.6 Å². The molecular formula is C26H27ClFN3O4S. The van der Waals surface area contributed by atoms with Crippen LogP contribution in [0.5, 0.6) is 0 Å². The molecule has 1 atom stereocenters. The predicted molar refractivity (Wildman–Crippen MR) is 138 cm³/mol. The van der Waals surface area contributed by atoms with Crippen LogP contribution in [0, 0.1) is 5.82 Å². The van der Waals surface area contributed by atoms with Crippen molar-refractivity contribution in [2.24, 2.45) is 0 Å². The van der Waals surface area contributed by atoms with Crippen molar-refractivity contribution < 1.29 is 22.4 Å². The van der Waals surface area contributed by atoms with Crippen LogP contribution in [0.25, 0.3) is 0 Å². The highest BCUT2D eigenvalue weighted by atomic mass is 35.5. The van der Waals surface area contributed by atoms with E-state index in [9.17, 15) is 22.4 Å². The molecule has 2 amide bonds. The summed E-state index contributed by atoms with van der Waals surface area (Å²) in [5.74, 6) is -1.64. The number of para-hydroxylation sites is 1. The quantitative estimate of drug-likeness (QED) is 0.424. The highest BCUT2D eigenvalue weighted by molar-refractivity contribution is 7.92. The third-order valence-electron chi connectivity index (χ3n) is 5.54. The number of likely N-dealkylation sites (N-methyl/N-ethyl adjacent to an activating group) is 1. The first-order valence-corrected chi connectivity index (χ1v) is 13.1. The Balaban J connectivity index is 2.01. The van der Waals surface area contributed by atoms with Crippen LogP contribution in [-0.4, -0.2) is 44.3 Å². The second-order valence-corrected chi connectivity index (χ2v) is 10.3. The molecule has 0 unspecified atom stereocenters. The van der Waals surface area contributed by atoms with Gasteiger partial charge in [-0.25, -0.2) is 12.8 Å². The molecule has 0 bridgehead atoms. The summed E-state index contributed by atoms with van der Waals surface area (Å²) < 4.78 is 42.6. The number of amides is 2. The lowest BCUT2D eigenvalue weighted by molar-refractivity contribution is -0.139. The lowest BCUT2D eigenvalue weighted by Gasteiger charge is -2.32. The average molecular weight is 532 g/mol. The smallest absolute Gasteiger partial charge is 0.264 e. The number of sulfonamides is 1. The van der Waals surface area contributed by atoms with Crippen LogP contribution >= 0.6 is 11.6 Å². The minimum Gasteiger partial charge on any atom is -0.355 e. The Kier molecular flexibility index (Phi) is 9.06. The Morgan fingerprint density at radius 3 is 2.19 bits per heavy atom. The van der Waals surface area contributed by atoms with Crippen LogP contribution in [0.4, 0.5) is 10.1 Å². The zero-order valence-corrected chi connectivity index (χ0v) is 21.5. The molecule has 10 heteroatoms. The largest absolute Gasteiger partial charge is 0.355 e. The van der Waals surface area contributed by atoms with Crippen molar-refractivity contribution in [1.29, 1.82) is 0 Å². The molecule has 0 aromatic heterocycles. The molecule has 0 spiro atoms. The number of carbonyl (C=O) groups is 2. The number of nitrogens with one attached hydrogen (secondary N) is 1. The summed E-state index contributed by atoms with van der Waals surface area (Å²) in [6.45, 7) is 2.78. The molecule has 7 nitrogen and oxygen atoms in total. The molecule has 0 aliphatic rings. The second kappa shape index (κ2) is 12.0. The van der Waals surface area contributed by atoms with E-state index in [2.05, 4.69) is 5.32 Å². The molecule has 0 radical (unpaired) electrons. The zero-order valence-electron chi connectivity index (χ0n) is 19.9. The van der Waals surface area contributed by atoms with Crippen LogP contribution in [0.2, 0.25) is 5.02 Å². The first-order valence-electron chi connectivity index (χ1n) is 11.3. The summed E-state index contributed by atoms with van der Waals surface area (Å²) >= 11 is 5.93. The zero-order chi connectivity index (χ0) is 26.3. The van der Waals surface area contributed by atoms with Crippen LogP contribution < -0.4 is 9.62 Å². The Hall–Kier alpha value is -3.43. The Morgan fingerprint density at radius 1 is 0.972 bits per heavy atom. The summed E-state index contributed by atoms with van der Waals surface area (Å²) in [7, 11) is -4.18. The molecule has 190 valence electrons. The summed E-state index contributed by atoms with van der Waals surface area (Å²) in [4.78, 5) is 27.4. The average Bonchev–Trinajstić information content (AvgIpc) is 2.87. The molecule has 36 heavy (non-hydrogen) atoms. The Bertz CT molecular complexity index is 1300. The maximum Gasteiger partial charge on any atom is 0.264 e. The number of hydrogen-bond acceptors (Lipinski definition) is 4. The summed E-state index contributed by atoms with van der Waals surface area (Å²) in [5.41, 5.74) is 0.464. The van der Waals surface area contributed by atoms with Gasteiger partial charge in [0.1, 0.15) is 18.4 Å². The van der Waals surface area contributed by atoms with Gasteiger partial charge in [-0.1, -0.05) is 48.0 Å². The molecule has 0 heterocycles. The van der Waals surface area contributed by atoms with Gasteiger partial charge in [-0.05, 0) is 56.3 Å². The number of rotatable bonds is 10. The van der Waals surface area contributed by atoms with E-state index in [1.54, 1.807) is 43.3 Å². The van der Waals surface area contributed by atoms with Gasteiger partial charge in [-0.3, -0.25) is 13.9 Å². The lowest BCUT2D eigenvalue weighted by atomic mass is 10.1. The molecule has 1 N–H and O–H groups in total. The molecule has 0 aliphatic heterocycles. The first kappa shape index (κ1) is 27.2. The van der Waals surface area contributed by atoms with Crippen LogP contribution in [-0.2, 0) is 26.2 Å². The maximum atomic E-state index is 14.4. The van der Waals surface area contributed by atoms with E-state index < -0.39 is 40.2 Å². The van der Waals surface area contributed by atoms with Gasteiger partial charge in [0.05, 0.1) is 10.6 Å². The highest BCUT2D eigenvalue weighted by Crippen LogP contribution is 2.25. The molecule has 0 saturated heterocycles. The first-order chi connectivity index (χ1) is 17.1. The van der Waals surface area contributed by atoms with Crippen molar-refractivity contribution in [3.63, 3.8) is 0 Å². The minimum atomic E-state index is -4.18. The van der Waals surface area contributed by atoms with Gasteiger partial charge >= 0.3 is 0 Å². The molecule has 0 saturated carbocycles.